The standard InChI is InChI=1S/C39H48FN2O6/c1-8-33-39(6)34-27(4)42(20-12-18-32(34)36(44)48-39)26(3)24-38(5,23-25(2)35(43)41(7)37(45)47-33)19-11-14-28-13-9-16-30(21-28)46-31-17-10-15-29(40)22-31/h9-10,13,15-17,20-22,25-27,32-34H,8,12,18-19,23-24H2,1-7H3/q+1/t25-,26-,27-,32?,33-,34+,38+,39-/m1/s1. The van der Waals surface area contributed by atoms with Crippen molar-refractivity contribution in [2.24, 2.45) is 23.2 Å². The zero-order chi connectivity index (χ0) is 34.8. The van der Waals surface area contributed by atoms with Crippen LogP contribution in [0.15, 0.2) is 48.5 Å². The Morgan fingerprint density at radius 1 is 1.04 bits per heavy atom. The first kappa shape index (κ1) is 35.1. The maximum absolute atomic E-state index is 13.7. The summed E-state index contributed by atoms with van der Waals surface area (Å²) in [5.74, 6) is 5.65. The van der Waals surface area contributed by atoms with Crippen molar-refractivity contribution in [3.05, 3.63) is 59.9 Å². The van der Waals surface area contributed by atoms with E-state index in [9.17, 15) is 18.8 Å². The predicted octanol–water partition coefficient (Wildman–Crippen LogP) is 7.37. The lowest BCUT2D eigenvalue weighted by Gasteiger charge is -2.40. The number of hydrogen-bond donors (Lipinski definition) is 0. The number of cyclic esters (lactones) is 1. The van der Waals surface area contributed by atoms with Gasteiger partial charge in [0.1, 0.15) is 35.7 Å². The molecule has 2 fully saturated rings. The van der Waals surface area contributed by atoms with E-state index in [1.54, 1.807) is 18.2 Å². The summed E-state index contributed by atoms with van der Waals surface area (Å²) < 4.78 is 34.0. The highest BCUT2D eigenvalue weighted by Gasteiger charge is 2.62. The molecular formula is C39H48FN2O6+. The SMILES string of the molecule is CC[C@H]1OC(=O)N(C)C(=O)[C@H](C)C[C@](C)(CC#Cc2cccc(Oc3cccc(F)c3)c2)C[C@@H](C)[N+]2=CCCC3C(=O)O[C@@]1(C)[C@H]3[C@H]2C. The molecule has 0 aromatic heterocycles. The maximum atomic E-state index is 13.7. The number of rotatable bonds is 4. The molecule has 3 heterocycles. The molecule has 9 heteroatoms. The number of nitrogens with zero attached hydrogens (tertiary/aromatic N) is 2. The molecule has 0 spiro atoms. The van der Waals surface area contributed by atoms with Gasteiger partial charge in [0.2, 0.25) is 5.91 Å². The fourth-order valence-electron chi connectivity index (χ4n) is 8.40. The molecular weight excluding hydrogens is 611 g/mol. The number of halogens is 1. The van der Waals surface area contributed by atoms with Gasteiger partial charge in [-0.15, -0.1) is 0 Å². The van der Waals surface area contributed by atoms with E-state index >= 15 is 0 Å². The summed E-state index contributed by atoms with van der Waals surface area (Å²) in [5.41, 5.74) is -0.685. The normalized spacial score (nSPS) is 32.5. The van der Waals surface area contributed by atoms with E-state index in [2.05, 4.69) is 43.4 Å². The number of carbonyl (C=O) groups is 3. The topological polar surface area (TPSA) is 85.2 Å². The molecule has 0 saturated carbocycles. The summed E-state index contributed by atoms with van der Waals surface area (Å²) in [6.07, 6.45) is 4.37. The molecule has 256 valence electrons. The van der Waals surface area contributed by atoms with Crippen molar-refractivity contribution in [1.29, 1.82) is 0 Å². The molecule has 2 amide bonds. The van der Waals surface area contributed by atoms with Crippen LogP contribution in [0.2, 0.25) is 0 Å². The summed E-state index contributed by atoms with van der Waals surface area (Å²) in [6.45, 7) is 12.1. The minimum atomic E-state index is -1.04. The van der Waals surface area contributed by atoms with Gasteiger partial charge in [-0.05, 0) is 75.8 Å². The molecule has 3 aliphatic rings. The van der Waals surface area contributed by atoms with E-state index < -0.39 is 29.1 Å². The average molecular weight is 660 g/mol. The number of carbonyl (C=O) groups excluding carboxylic acids is 3. The van der Waals surface area contributed by atoms with Gasteiger partial charge in [0.25, 0.3) is 0 Å². The third kappa shape index (κ3) is 7.28. The summed E-state index contributed by atoms with van der Waals surface area (Å²) in [4.78, 5) is 41.4. The minimum Gasteiger partial charge on any atom is -0.457 e. The number of fused-ring (bicyclic) bond motifs is 1. The first-order valence-electron chi connectivity index (χ1n) is 17.1. The Bertz CT molecular complexity index is 1650. The van der Waals surface area contributed by atoms with Gasteiger partial charge in [-0.1, -0.05) is 44.7 Å². The second-order valence-electron chi connectivity index (χ2n) is 14.4. The number of esters is 1. The highest BCUT2D eigenvalue weighted by Crippen LogP contribution is 2.48. The van der Waals surface area contributed by atoms with Gasteiger partial charge < -0.3 is 14.2 Å². The molecule has 0 N–H and O–H groups in total. The molecule has 8 atom stereocenters. The monoisotopic (exact) mass is 659 g/mol. The van der Waals surface area contributed by atoms with E-state index in [-0.39, 0.29) is 41.6 Å². The van der Waals surface area contributed by atoms with Crippen LogP contribution in [0.25, 0.3) is 0 Å². The summed E-state index contributed by atoms with van der Waals surface area (Å²) in [6, 6.07) is 13.3. The quantitative estimate of drug-likeness (QED) is 0.194. The zero-order valence-corrected chi connectivity index (χ0v) is 29.1. The second-order valence-corrected chi connectivity index (χ2v) is 14.4. The largest absolute Gasteiger partial charge is 0.457 e. The van der Waals surface area contributed by atoms with E-state index in [4.69, 9.17) is 14.2 Å². The zero-order valence-electron chi connectivity index (χ0n) is 29.1. The Morgan fingerprint density at radius 2 is 1.75 bits per heavy atom. The van der Waals surface area contributed by atoms with Crippen LogP contribution in [0, 0.1) is 40.8 Å². The van der Waals surface area contributed by atoms with Crippen LogP contribution in [0.4, 0.5) is 9.18 Å². The van der Waals surface area contributed by atoms with Crippen molar-refractivity contribution >= 4 is 24.2 Å². The van der Waals surface area contributed by atoms with Crippen LogP contribution in [0.1, 0.15) is 85.6 Å². The molecule has 2 bridgehead atoms. The molecule has 2 aromatic carbocycles. The summed E-state index contributed by atoms with van der Waals surface area (Å²) >= 11 is 0. The van der Waals surface area contributed by atoms with Crippen molar-refractivity contribution in [3.63, 3.8) is 0 Å². The Kier molecular flexibility index (Phi) is 10.3. The first-order valence-corrected chi connectivity index (χ1v) is 17.1. The molecule has 8 nitrogen and oxygen atoms in total. The van der Waals surface area contributed by atoms with Crippen molar-refractivity contribution < 1.29 is 37.6 Å². The third-order valence-corrected chi connectivity index (χ3v) is 10.5. The second kappa shape index (κ2) is 14.1. The molecule has 48 heavy (non-hydrogen) atoms. The predicted molar refractivity (Wildman–Crippen MR) is 180 cm³/mol. The molecule has 3 aliphatic heterocycles. The minimum absolute atomic E-state index is 0.0624. The van der Waals surface area contributed by atoms with Crippen LogP contribution >= 0.6 is 0 Å². The third-order valence-electron chi connectivity index (χ3n) is 10.5. The average Bonchev–Trinajstić information content (AvgIpc) is 3.16. The smallest absolute Gasteiger partial charge is 0.416 e. The van der Waals surface area contributed by atoms with Crippen molar-refractivity contribution in [1.82, 2.24) is 4.90 Å². The van der Waals surface area contributed by atoms with Gasteiger partial charge in [0.05, 0.1) is 11.8 Å². The highest BCUT2D eigenvalue weighted by molar-refractivity contribution is 5.92. The number of amides is 2. The first-order chi connectivity index (χ1) is 22.7. The Morgan fingerprint density at radius 3 is 2.46 bits per heavy atom. The Labute approximate surface area is 283 Å². The van der Waals surface area contributed by atoms with Crippen LogP contribution < -0.4 is 4.74 Å². The van der Waals surface area contributed by atoms with Gasteiger partial charge in [0, 0.05) is 43.9 Å². The van der Waals surface area contributed by atoms with E-state index in [1.165, 1.54) is 19.2 Å². The van der Waals surface area contributed by atoms with Crippen LogP contribution in [0.3, 0.4) is 0 Å². The van der Waals surface area contributed by atoms with E-state index in [1.807, 2.05) is 39.0 Å². The number of benzene rings is 2. The van der Waals surface area contributed by atoms with Gasteiger partial charge in [-0.2, -0.15) is 0 Å². The van der Waals surface area contributed by atoms with Gasteiger partial charge in [-0.25, -0.2) is 13.8 Å². The van der Waals surface area contributed by atoms with E-state index in [0.717, 1.165) is 23.3 Å². The maximum Gasteiger partial charge on any atom is 0.416 e. The summed E-state index contributed by atoms with van der Waals surface area (Å²) in [7, 11) is 1.45. The Balaban J connectivity index is 1.45. The fourth-order valence-corrected chi connectivity index (χ4v) is 8.40. The van der Waals surface area contributed by atoms with Crippen LogP contribution in [-0.2, 0) is 19.1 Å². The summed E-state index contributed by atoms with van der Waals surface area (Å²) in [5, 5.41) is 0. The van der Waals surface area contributed by atoms with Crippen molar-refractivity contribution in [2.45, 2.75) is 104 Å². The van der Waals surface area contributed by atoms with Gasteiger partial charge >= 0.3 is 12.1 Å². The lowest BCUT2D eigenvalue weighted by molar-refractivity contribution is -0.604. The van der Waals surface area contributed by atoms with Crippen LogP contribution in [0.5, 0.6) is 11.5 Å². The van der Waals surface area contributed by atoms with Gasteiger partial charge in [-0.3, -0.25) is 14.5 Å². The molecule has 1 unspecified atom stereocenters. The van der Waals surface area contributed by atoms with E-state index in [0.29, 0.717) is 37.2 Å². The number of ether oxygens (including phenoxy) is 3. The molecule has 0 aliphatic carbocycles. The lowest BCUT2D eigenvalue weighted by atomic mass is 9.72. The lowest BCUT2D eigenvalue weighted by Crippen LogP contribution is -2.55. The van der Waals surface area contributed by atoms with Crippen molar-refractivity contribution in [2.75, 3.05) is 7.05 Å². The fraction of sp³-hybridized carbons (Fsp3) is 0.538. The highest BCUT2D eigenvalue weighted by atomic mass is 19.1. The Hall–Kier alpha value is -4.19. The van der Waals surface area contributed by atoms with Crippen molar-refractivity contribution in [3.8, 4) is 23.3 Å². The molecule has 0 radical (unpaired) electrons. The number of hydrogen-bond acceptors (Lipinski definition) is 6. The van der Waals surface area contributed by atoms with Crippen LogP contribution in [-0.4, -0.2) is 64.5 Å². The molecule has 5 rings (SSSR count). The molecule has 2 saturated heterocycles. The molecule has 2 aromatic rings. The number of imide groups is 1. The van der Waals surface area contributed by atoms with Gasteiger partial charge in [0.15, 0.2) is 11.6 Å².